The average Bonchev–Trinajstić information content (AvgIpc) is 3.05. The van der Waals surface area contributed by atoms with Gasteiger partial charge in [0.2, 0.25) is 11.8 Å². The number of ether oxygens (including phenoxy) is 1. The van der Waals surface area contributed by atoms with E-state index in [1.165, 1.54) is 6.92 Å². The van der Waals surface area contributed by atoms with Gasteiger partial charge in [0.25, 0.3) is 11.8 Å². The quantitative estimate of drug-likeness (QED) is 0.437. The lowest BCUT2D eigenvalue weighted by atomic mass is 10.1. The van der Waals surface area contributed by atoms with E-state index in [-0.39, 0.29) is 19.0 Å². The van der Waals surface area contributed by atoms with Crippen LogP contribution in [0.4, 0.5) is 0 Å². The highest BCUT2D eigenvalue weighted by Gasteiger charge is 2.40. The minimum absolute atomic E-state index is 0.138. The Morgan fingerprint density at radius 2 is 1.53 bits per heavy atom. The predicted octanol–water partition coefficient (Wildman–Crippen LogP) is 2.07. The van der Waals surface area contributed by atoms with Crippen LogP contribution in [0.15, 0.2) is 48.5 Å². The van der Waals surface area contributed by atoms with Crippen LogP contribution in [0, 0.1) is 6.92 Å². The highest BCUT2D eigenvalue weighted by molar-refractivity contribution is 6.22. The molecule has 1 unspecified atom stereocenters. The van der Waals surface area contributed by atoms with E-state index in [4.69, 9.17) is 4.74 Å². The van der Waals surface area contributed by atoms with Gasteiger partial charge in [-0.05, 0) is 44.0 Å². The molecule has 1 atom stereocenters. The molecule has 0 aromatic heterocycles. The van der Waals surface area contributed by atoms with Crippen molar-refractivity contribution in [2.75, 3.05) is 19.7 Å². The van der Waals surface area contributed by atoms with Gasteiger partial charge >= 0.3 is 0 Å². The Labute approximate surface area is 186 Å². The van der Waals surface area contributed by atoms with Gasteiger partial charge in [-0.3, -0.25) is 24.1 Å². The van der Waals surface area contributed by atoms with Gasteiger partial charge in [-0.25, -0.2) is 0 Å². The van der Waals surface area contributed by atoms with E-state index in [0.717, 1.165) is 16.2 Å². The van der Waals surface area contributed by atoms with E-state index in [1.54, 1.807) is 24.3 Å². The molecule has 2 N–H and O–H groups in total. The normalized spacial score (nSPS) is 13.5. The summed E-state index contributed by atoms with van der Waals surface area (Å²) >= 11 is 0. The SMILES string of the molecule is Cc1ccccc1OCCCC(=O)NCCNC(=O)C(C)N1C(=O)c2ccccc2C1=O. The first-order valence-corrected chi connectivity index (χ1v) is 10.6. The number of nitrogens with one attached hydrogen (secondary N) is 2. The van der Waals surface area contributed by atoms with Crippen molar-refractivity contribution in [3.05, 3.63) is 65.2 Å². The number of hydrogen-bond acceptors (Lipinski definition) is 5. The second-order valence-corrected chi connectivity index (χ2v) is 7.56. The van der Waals surface area contributed by atoms with Crippen LogP contribution in [-0.4, -0.2) is 54.3 Å². The highest BCUT2D eigenvalue weighted by Crippen LogP contribution is 2.24. The summed E-state index contributed by atoms with van der Waals surface area (Å²) in [7, 11) is 0. The lowest BCUT2D eigenvalue weighted by Gasteiger charge is -2.21. The molecule has 1 aliphatic rings. The second-order valence-electron chi connectivity index (χ2n) is 7.56. The van der Waals surface area contributed by atoms with E-state index in [9.17, 15) is 19.2 Å². The zero-order valence-electron chi connectivity index (χ0n) is 18.2. The molecule has 2 aromatic carbocycles. The van der Waals surface area contributed by atoms with Crippen molar-refractivity contribution < 1.29 is 23.9 Å². The number of imide groups is 1. The largest absolute Gasteiger partial charge is 0.493 e. The molecular formula is C24H27N3O5. The molecule has 1 aliphatic heterocycles. The lowest BCUT2D eigenvalue weighted by Crippen LogP contribution is -2.49. The molecule has 0 fully saturated rings. The van der Waals surface area contributed by atoms with Crippen molar-refractivity contribution in [1.29, 1.82) is 0 Å². The molecule has 0 saturated heterocycles. The van der Waals surface area contributed by atoms with E-state index in [2.05, 4.69) is 10.6 Å². The van der Waals surface area contributed by atoms with Gasteiger partial charge < -0.3 is 15.4 Å². The Hall–Kier alpha value is -3.68. The van der Waals surface area contributed by atoms with Crippen LogP contribution < -0.4 is 15.4 Å². The molecular weight excluding hydrogens is 410 g/mol. The van der Waals surface area contributed by atoms with Crippen LogP contribution in [0.1, 0.15) is 46.0 Å². The number of carbonyl (C=O) groups excluding carboxylic acids is 4. The Kier molecular flexibility index (Phi) is 7.59. The number of benzene rings is 2. The zero-order valence-corrected chi connectivity index (χ0v) is 18.2. The highest BCUT2D eigenvalue weighted by atomic mass is 16.5. The summed E-state index contributed by atoms with van der Waals surface area (Å²) in [4.78, 5) is 50.2. The van der Waals surface area contributed by atoms with Crippen LogP contribution in [0.25, 0.3) is 0 Å². The Bertz CT molecular complexity index is 985. The average molecular weight is 437 g/mol. The number of para-hydroxylation sites is 1. The number of hydrogen-bond donors (Lipinski definition) is 2. The second kappa shape index (κ2) is 10.6. The summed E-state index contributed by atoms with van der Waals surface area (Å²) in [5, 5.41) is 5.38. The minimum Gasteiger partial charge on any atom is -0.493 e. The third-order valence-corrected chi connectivity index (χ3v) is 5.24. The monoisotopic (exact) mass is 437 g/mol. The summed E-state index contributed by atoms with van der Waals surface area (Å²) < 4.78 is 5.66. The van der Waals surface area contributed by atoms with Gasteiger partial charge in [-0.15, -0.1) is 0 Å². The van der Waals surface area contributed by atoms with E-state index >= 15 is 0 Å². The first-order chi connectivity index (χ1) is 15.4. The van der Waals surface area contributed by atoms with Crippen molar-refractivity contribution in [2.45, 2.75) is 32.7 Å². The molecule has 3 rings (SSSR count). The zero-order chi connectivity index (χ0) is 23.1. The fourth-order valence-electron chi connectivity index (χ4n) is 3.43. The fourth-order valence-corrected chi connectivity index (χ4v) is 3.43. The maximum Gasteiger partial charge on any atom is 0.262 e. The first kappa shape index (κ1) is 23.0. The molecule has 0 aliphatic carbocycles. The predicted molar refractivity (Wildman–Crippen MR) is 118 cm³/mol. The molecule has 4 amide bonds. The van der Waals surface area contributed by atoms with Crippen LogP contribution in [0.5, 0.6) is 5.75 Å². The lowest BCUT2D eigenvalue weighted by molar-refractivity contribution is -0.125. The number of amides is 4. The van der Waals surface area contributed by atoms with Crippen LogP contribution in [0.2, 0.25) is 0 Å². The summed E-state index contributed by atoms with van der Waals surface area (Å²) in [5.41, 5.74) is 1.65. The third kappa shape index (κ3) is 5.32. The van der Waals surface area contributed by atoms with E-state index in [1.807, 2.05) is 31.2 Å². The number of fused-ring (bicyclic) bond motifs is 1. The van der Waals surface area contributed by atoms with Gasteiger partial charge in [-0.2, -0.15) is 0 Å². The molecule has 168 valence electrons. The van der Waals surface area contributed by atoms with Gasteiger partial charge in [0.15, 0.2) is 0 Å². The van der Waals surface area contributed by atoms with Crippen LogP contribution >= 0.6 is 0 Å². The van der Waals surface area contributed by atoms with E-state index < -0.39 is 23.8 Å². The Morgan fingerprint density at radius 3 is 2.19 bits per heavy atom. The van der Waals surface area contributed by atoms with Crippen molar-refractivity contribution >= 4 is 23.6 Å². The number of rotatable bonds is 10. The summed E-state index contributed by atoms with van der Waals surface area (Å²) in [6, 6.07) is 13.2. The smallest absolute Gasteiger partial charge is 0.262 e. The number of aryl methyl sites for hydroxylation is 1. The van der Waals surface area contributed by atoms with Gasteiger partial charge in [0, 0.05) is 19.5 Å². The van der Waals surface area contributed by atoms with Crippen molar-refractivity contribution in [3.63, 3.8) is 0 Å². The minimum atomic E-state index is -0.948. The number of carbonyl (C=O) groups is 4. The molecule has 8 heteroatoms. The third-order valence-electron chi connectivity index (χ3n) is 5.24. The maximum atomic E-state index is 12.5. The topological polar surface area (TPSA) is 105 Å². The standard InChI is InChI=1S/C24H27N3O5/c1-16-8-3-6-11-20(16)32-15-7-12-21(28)25-13-14-26-22(29)17(2)27-23(30)18-9-4-5-10-19(18)24(27)31/h3-6,8-11,17H,7,12-15H2,1-2H3,(H,25,28)(H,26,29). The van der Waals surface area contributed by atoms with Gasteiger partial charge in [0.1, 0.15) is 11.8 Å². The van der Waals surface area contributed by atoms with Crippen LogP contribution in [0.3, 0.4) is 0 Å². The van der Waals surface area contributed by atoms with Crippen molar-refractivity contribution in [2.24, 2.45) is 0 Å². The Morgan fingerprint density at radius 1 is 0.938 bits per heavy atom. The van der Waals surface area contributed by atoms with Gasteiger partial charge in [0.05, 0.1) is 17.7 Å². The molecule has 0 saturated carbocycles. The van der Waals surface area contributed by atoms with Crippen LogP contribution in [-0.2, 0) is 9.59 Å². The molecule has 2 aromatic rings. The summed E-state index contributed by atoms with van der Waals surface area (Å²) in [6.45, 7) is 4.35. The van der Waals surface area contributed by atoms with Crippen molar-refractivity contribution in [1.82, 2.24) is 15.5 Å². The fraction of sp³-hybridized carbons (Fsp3) is 0.333. The molecule has 0 bridgehead atoms. The molecule has 8 nitrogen and oxygen atoms in total. The summed E-state index contributed by atoms with van der Waals surface area (Å²) in [5.74, 6) is -0.742. The molecule has 0 radical (unpaired) electrons. The Balaban J connectivity index is 1.33. The summed E-state index contributed by atoms with van der Waals surface area (Å²) in [6.07, 6.45) is 0.884. The van der Waals surface area contributed by atoms with Gasteiger partial charge in [-0.1, -0.05) is 30.3 Å². The molecule has 1 heterocycles. The molecule has 32 heavy (non-hydrogen) atoms. The van der Waals surface area contributed by atoms with E-state index in [0.29, 0.717) is 30.6 Å². The van der Waals surface area contributed by atoms with Crippen molar-refractivity contribution in [3.8, 4) is 5.75 Å². The maximum absolute atomic E-state index is 12.5. The molecule has 0 spiro atoms. The first-order valence-electron chi connectivity index (χ1n) is 10.6. The number of nitrogens with zero attached hydrogens (tertiary/aromatic N) is 1.